The SMILES string of the molecule is C=C(/C(C)=C(F)\C=C/C)[C@@H]1C[C@H](N)C(=O)N(CC(F)(F)F)[C@@H]1C. The van der Waals surface area contributed by atoms with Gasteiger partial charge < -0.3 is 10.6 Å². The van der Waals surface area contributed by atoms with Gasteiger partial charge in [0.1, 0.15) is 12.4 Å². The van der Waals surface area contributed by atoms with Gasteiger partial charge in [-0.15, -0.1) is 0 Å². The fourth-order valence-corrected chi connectivity index (χ4v) is 2.75. The van der Waals surface area contributed by atoms with E-state index in [-0.39, 0.29) is 12.0 Å². The lowest BCUT2D eigenvalue weighted by Crippen LogP contribution is -2.58. The van der Waals surface area contributed by atoms with E-state index in [0.29, 0.717) is 10.5 Å². The number of rotatable bonds is 4. The third kappa shape index (κ3) is 4.67. The molecular formula is C16H22F4N2O. The average Bonchev–Trinajstić information content (AvgIpc) is 2.45. The van der Waals surface area contributed by atoms with E-state index in [1.807, 2.05) is 0 Å². The first-order chi connectivity index (χ1) is 10.5. The number of allylic oxidation sites excluding steroid dienone is 4. The zero-order valence-electron chi connectivity index (χ0n) is 13.5. The third-order valence-electron chi connectivity index (χ3n) is 4.13. The van der Waals surface area contributed by atoms with E-state index in [9.17, 15) is 22.4 Å². The van der Waals surface area contributed by atoms with Gasteiger partial charge in [-0.05, 0) is 44.4 Å². The van der Waals surface area contributed by atoms with Crippen molar-refractivity contribution in [3.8, 4) is 0 Å². The molecule has 0 aromatic carbocycles. The summed E-state index contributed by atoms with van der Waals surface area (Å²) in [5, 5.41) is 0. The van der Waals surface area contributed by atoms with Crippen LogP contribution in [0.5, 0.6) is 0 Å². The van der Waals surface area contributed by atoms with Crippen LogP contribution in [0.4, 0.5) is 17.6 Å². The van der Waals surface area contributed by atoms with Crippen LogP contribution in [0, 0.1) is 5.92 Å². The van der Waals surface area contributed by atoms with Crippen LogP contribution in [0.15, 0.2) is 35.7 Å². The van der Waals surface area contributed by atoms with Gasteiger partial charge in [-0.3, -0.25) is 4.79 Å². The molecule has 3 nitrogen and oxygen atoms in total. The van der Waals surface area contributed by atoms with Crippen LogP contribution < -0.4 is 5.73 Å². The van der Waals surface area contributed by atoms with Crippen molar-refractivity contribution in [2.24, 2.45) is 11.7 Å². The van der Waals surface area contributed by atoms with Crippen molar-refractivity contribution in [3.63, 3.8) is 0 Å². The molecule has 0 aliphatic carbocycles. The summed E-state index contributed by atoms with van der Waals surface area (Å²) in [6.45, 7) is 7.12. The monoisotopic (exact) mass is 334 g/mol. The van der Waals surface area contributed by atoms with Crippen molar-refractivity contribution >= 4 is 5.91 Å². The van der Waals surface area contributed by atoms with Crippen molar-refractivity contribution in [1.29, 1.82) is 0 Å². The number of likely N-dealkylation sites (tertiary alicyclic amines) is 1. The lowest BCUT2D eigenvalue weighted by Gasteiger charge is -2.43. The van der Waals surface area contributed by atoms with E-state index < -0.39 is 42.5 Å². The molecule has 2 N–H and O–H groups in total. The molecule has 0 unspecified atom stereocenters. The van der Waals surface area contributed by atoms with Gasteiger partial charge in [-0.1, -0.05) is 12.7 Å². The van der Waals surface area contributed by atoms with Gasteiger partial charge in [0.25, 0.3) is 0 Å². The van der Waals surface area contributed by atoms with E-state index >= 15 is 0 Å². The van der Waals surface area contributed by atoms with Gasteiger partial charge in [0.2, 0.25) is 5.91 Å². The van der Waals surface area contributed by atoms with Crippen LogP contribution in [0.2, 0.25) is 0 Å². The van der Waals surface area contributed by atoms with Gasteiger partial charge >= 0.3 is 6.18 Å². The first-order valence-electron chi connectivity index (χ1n) is 7.30. The quantitative estimate of drug-likeness (QED) is 0.632. The molecule has 7 heteroatoms. The summed E-state index contributed by atoms with van der Waals surface area (Å²) >= 11 is 0. The highest BCUT2D eigenvalue weighted by atomic mass is 19.4. The van der Waals surface area contributed by atoms with Crippen LogP contribution in [-0.2, 0) is 4.79 Å². The highest BCUT2D eigenvalue weighted by Gasteiger charge is 2.44. The van der Waals surface area contributed by atoms with Gasteiger partial charge in [0.15, 0.2) is 0 Å². The summed E-state index contributed by atoms with van der Waals surface area (Å²) in [6, 6.07) is -1.81. The molecule has 1 fully saturated rings. The summed E-state index contributed by atoms with van der Waals surface area (Å²) < 4.78 is 52.0. The number of alkyl halides is 3. The van der Waals surface area contributed by atoms with Gasteiger partial charge in [-0.2, -0.15) is 13.2 Å². The molecule has 1 amide bonds. The number of halogens is 4. The maximum absolute atomic E-state index is 13.9. The number of nitrogens with two attached hydrogens (primary N) is 1. The molecule has 0 spiro atoms. The fraction of sp³-hybridized carbons (Fsp3) is 0.562. The Morgan fingerprint density at radius 2 is 2.04 bits per heavy atom. The molecule has 0 radical (unpaired) electrons. The van der Waals surface area contributed by atoms with E-state index in [4.69, 9.17) is 5.73 Å². The molecule has 3 atom stereocenters. The highest BCUT2D eigenvalue weighted by molar-refractivity contribution is 5.83. The van der Waals surface area contributed by atoms with Gasteiger partial charge in [0, 0.05) is 12.0 Å². The molecule has 0 aromatic rings. The van der Waals surface area contributed by atoms with Crippen molar-refractivity contribution in [2.75, 3.05) is 6.54 Å². The topological polar surface area (TPSA) is 46.3 Å². The molecule has 130 valence electrons. The summed E-state index contributed by atoms with van der Waals surface area (Å²) in [6.07, 6.45) is -1.60. The second kappa shape index (κ2) is 7.29. The van der Waals surface area contributed by atoms with Crippen molar-refractivity contribution in [3.05, 3.63) is 35.7 Å². The Kier molecular flexibility index (Phi) is 6.16. The summed E-state index contributed by atoms with van der Waals surface area (Å²) in [5.41, 5.74) is 6.31. The smallest absolute Gasteiger partial charge is 0.329 e. The number of carbonyl (C=O) groups excluding carboxylic acids is 1. The molecular weight excluding hydrogens is 312 g/mol. The summed E-state index contributed by atoms with van der Waals surface area (Å²) in [5.74, 6) is -1.77. The maximum atomic E-state index is 13.9. The number of nitrogens with zero attached hydrogens (tertiary/aromatic N) is 1. The number of piperidine rings is 1. The van der Waals surface area contributed by atoms with Crippen molar-refractivity contribution in [2.45, 2.75) is 45.5 Å². The average molecular weight is 334 g/mol. The number of hydrogen-bond acceptors (Lipinski definition) is 2. The lowest BCUT2D eigenvalue weighted by atomic mass is 9.79. The highest BCUT2D eigenvalue weighted by Crippen LogP contribution is 2.35. The number of amides is 1. The van der Waals surface area contributed by atoms with Crippen LogP contribution in [0.1, 0.15) is 27.2 Å². The minimum atomic E-state index is -4.52. The summed E-state index contributed by atoms with van der Waals surface area (Å²) in [4.78, 5) is 12.7. The zero-order valence-corrected chi connectivity index (χ0v) is 13.5. The first kappa shape index (κ1) is 19.4. The first-order valence-corrected chi connectivity index (χ1v) is 7.30. The normalized spacial score (nSPS) is 27.4. The van der Waals surface area contributed by atoms with Crippen LogP contribution in [-0.4, -0.2) is 35.6 Å². The molecule has 1 saturated heterocycles. The molecule has 1 heterocycles. The molecule has 0 bridgehead atoms. The second-order valence-electron chi connectivity index (χ2n) is 5.77. The lowest BCUT2D eigenvalue weighted by molar-refractivity contribution is -0.171. The standard InChI is InChI=1S/C16H22F4N2O/c1-5-6-13(17)10(3)9(2)12-7-14(21)15(23)22(11(12)4)8-16(18,19)20/h5-6,11-12,14H,2,7-8,21H2,1,3-4H3/b6-5-,13-10+/t11-,12+,14+/m1/s1. The molecule has 1 aliphatic heterocycles. The van der Waals surface area contributed by atoms with Crippen LogP contribution in [0.25, 0.3) is 0 Å². The minimum absolute atomic E-state index is 0.146. The van der Waals surface area contributed by atoms with Crippen molar-refractivity contribution in [1.82, 2.24) is 4.90 Å². The van der Waals surface area contributed by atoms with E-state index in [2.05, 4.69) is 6.58 Å². The van der Waals surface area contributed by atoms with E-state index in [1.165, 1.54) is 26.0 Å². The Balaban J connectivity index is 3.10. The van der Waals surface area contributed by atoms with Gasteiger partial charge in [0.05, 0.1) is 6.04 Å². The Bertz CT molecular complexity index is 537. The zero-order chi connectivity index (χ0) is 17.9. The van der Waals surface area contributed by atoms with Crippen LogP contribution >= 0.6 is 0 Å². The fourth-order valence-electron chi connectivity index (χ4n) is 2.75. The Labute approximate surface area is 133 Å². The molecule has 0 aromatic heterocycles. The molecule has 1 aliphatic rings. The predicted octanol–water partition coefficient (Wildman–Crippen LogP) is 3.49. The third-order valence-corrected chi connectivity index (χ3v) is 4.13. The maximum Gasteiger partial charge on any atom is 0.406 e. The second-order valence-corrected chi connectivity index (χ2v) is 5.77. The largest absolute Gasteiger partial charge is 0.406 e. The molecule has 23 heavy (non-hydrogen) atoms. The van der Waals surface area contributed by atoms with Crippen molar-refractivity contribution < 1.29 is 22.4 Å². The van der Waals surface area contributed by atoms with E-state index in [0.717, 1.165) is 0 Å². The molecule has 1 rings (SSSR count). The van der Waals surface area contributed by atoms with Crippen LogP contribution in [0.3, 0.4) is 0 Å². The predicted molar refractivity (Wildman–Crippen MR) is 81.1 cm³/mol. The molecule has 0 saturated carbocycles. The Morgan fingerprint density at radius 1 is 1.48 bits per heavy atom. The van der Waals surface area contributed by atoms with Gasteiger partial charge in [-0.25, -0.2) is 4.39 Å². The minimum Gasteiger partial charge on any atom is -0.329 e. The summed E-state index contributed by atoms with van der Waals surface area (Å²) in [7, 11) is 0. The Hall–Kier alpha value is -1.63. The number of hydrogen-bond donors (Lipinski definition) is 1. The Morgan fingerprint density at radius 3 is 2.52 bits per heavy atom. The number of carbonyl (C=O) groups is 1. The van der Waals surface area contributed by atoms with E-state index in [1.54, 1.807) is 6.92 Å².